The number of amides is 1. The number of carbonyl (C=O) groups is 1. The van der Waals surface area contributed by atoms with Crippen molar-refractivity contribution in [3.8, 4) is 6.07 Å². The van der Waals surface area contributed by atoms with E-state index in [-0.39, 0.29) is 10.4 Å². The number of hydrogen-bond donors (Lipinski definition) is 3. The zero-order valence-corrected chi connectivity index (χ0v) is 11.7. The predicted octanol–water partition coefficient (Wildman–Crippen LogP) is 0.886. The Balaban J connectivity index is 2.13. The fraction of sp³-hybridized carbons (Fsp3) is 0.333. The number of hydrogen-bond acceptors (Lipinski definition) is 4. The van der Waals surface area contributed by atoms with Gasteiger partial charge in [-0.2, -0.15) is 5.26 Å². The molecule has 8 heteroatoms. The topological polar surface area (TPSA) is 77.0 Å². The summed E-state index contributed by atoms with van der Waals surface area (Å²) in [5.74, 6) is -2.06. The number of benzene rings is 1. The van der Waals surface area contributed by atoms with Crippen LogP contribution in [-0.4, -0.2) is 23.3 Å². The molecular formula is C12H11BrF2N4O. The van der Waals surface area contributed by atoms with Crippen molar-refractivity contribution in [1.29, 1.82) is 5.26 Å². The third-order valence-electron chi connectivity index (χ3n) is 2.89. The van der Waals surface area contributed by atoms with E-state index >= 15 is 0 Å². The lowest BCUT2D eigenvalue weighted by molar-refractivity contribution is -0.123. The molecule has 1 aliphatic rings. The highest BCUT2D eigenvalue weighted by Crippen LogP contribution is 2.18. The molecule has 0 saturated carbocycles. The molecular weight excluding hydrogens is 334 g/mol. The maximum atomic E-state index is 13.6. The molecule has 1 heterocycles. The SMILES string of the molecule is N#CC(NC(=O)C1NNCC1Br)c1ccc(F)cc1F. The monoisotopic (exact) mass is 344 g/mol. The Morgan fingerprint density at radius 3 is 2.85 bits per heavy atom. The fourth-order valence-corrected chi connectivity index (χ4v) is 2.39. The van der Waals surface area contributed by atoms with Gasteiger partial charge in [0.2, 0.25) is 5.91 Å². The summed E-state index contributed by atoms with van der Waals surface area (Å²) in [6, 6.07) is 2.90. The van der Waals surface area contributed by atoms with Crippen LogP contribution in [0.2, 0.25) is 0 Å². The predicted molar refractivity (Wildman–Crippen MR) is 70.5 cm³/mol. The number of hydrazine groups is 1. The van der Waals surface area contributed by atoms with Gasteiger partial charge in [0, 0.05) is 18.2 Å². The van der Waals surface area contributed by atoms with E-state index < -0.39 is 29.6 Å². The van der Waals surface area contributed by atoms with Gasteiger partial charge in [-0.15, -0.1) is 0 Å². The molecule has 3 N–H and O–H groups in total. The van der Waals surface area contributed by atoms with Crippen LogP contribution in [0.3, 0.4) is 0 Å². The van der Waals surface area contributed by atoms with E-state index in [2.05, 4.69) is 32.1 Å². The molecule has 1 aromatic carbocycles. The van der Waals surface area contributed by atoms with Gasteiger partial charge in [-0.05, 0) is 6.07 Å². The highest BCUT2D eigenvalue weighted by molar-refractivity contribution is 9.09. The minimum atomic E-state index is -1.18. The second-order valence-corrected chi connectivity index (χ2v) is 5.43. The Labute approximate surface area is 122 Å². The van der Waals surface area contributed by atoms with Crippen molar-refractivity contribution >= 4 is 21.8 Å². The second kappa shape index (κ2) is 6.26. The minimum Gasteiger partial charge on any atom is -0.335 e. The molecule has 1 saturated heterocycles. The molecule has 0 aliphatic carbocycles. The Morgan fingerprint density at radius 1 is 1.55 bits per heavy atom. The molecule has 2 rings (SSSR count). The molecule has 0 bridgehead atoms. The van der Waals surface area contributed by atoms with Crippen LogP contribution in [0.15, 0.2) is 18.2 Å². The molecule has 0 radical (unpaired) electrons. The second-order valence-electron chi connectivity index (χ2n) is 4.26. The Bertz CT molecular complexity index is 563. The summed E-state index contributed by atoms with van der Waals surface area (Å²) in [5.41, 5.74) is 5.46. The number of nitriles is 1. The molecule has 1 aromatic rings. The van der Waals surface area contributed by atoms with Crippen LogP contribution < -0.4 is 16.2 Å². The Kier molecular flexibility index (Phi) is 4.65. The summed E-state index contributed by atoms with van der Waals surface area (Å²) in [6.07, 6.45) is 0. The van der Waals surface area contributed by atoms with Crippen LogP contribution in [0.1, 0.15) is 11.6 Å². The first-order valence-electron chi connectivity index (χ1n) is 5.80. The highest BCUT2D eigenvalue weighted by atomic mass is 79.9. The van der Waals surface area contributed by atoms with Crippen molar-refractivity contribution < 1.29 is 13.6 Å². The van der Waals surface area contributed by atoms with E-state index in [1.54, 1.807) is 6.07 Å². The van der Waals surface area contributed by atoms with Gasteiger partial charge in [0.05, 0.1) is 10.9 Å². The van der Waals surface area contributed by atoms with E-state index in [1.165, 1.54) is 0 Å². The van der Waals surface area contributed by atoms with Crippen LogP contribution in [0.5, 0.6) is 0 Å². The summed E-state index contributed by atoms with van der Waals surface area (Å²) >= 11 is 3.30. The summed E-state index contributed by atoms with van der Waals surface area (Å²) in [4.78, 5) is 11.8. The molecule has 5 nitrogen and oxygen atoms in total. The lowest BCUT2D eigenvalue weighted by atomic mass is 10.1. The summed E-state index contributed by atoms with van der Waals surface area (Å²) < 4.78 is 26.5. The van der Waals surface area contributed by atoms with Gasteiger partial charge in [0.15, 0.2) is 0 Å². The van der Waals surface area contributed by atoms with Gasteiger partial charge in [-0.3, -0.25) is 10.2 Å². The lowest BCUT2D eigenvalue weighted by Gasteiger charge is -2.17. The van der Waals surface area contributed by atoms with Gasteiger partial charge >= 0.3 is 0 Å². The molecule has 20 heavy (non-hydrogen) atoms. The largest absolute Gasteiger partial charge is 0.335 e. The van der Waals surface area contributed by atoms with Crippen LogP contribution >= 0.6 is 15.9 Å². The van der Waals surface area contributed by atoms with Crippen molar-refractivity contribution in [3.05, 3.63) is 35.4 Å². The van der Waals surface area contributed by atoms with Crippen LogP contribution in [0.4, 0.5) is 8.78 Å². The molecule has 1 fully saturated rings. The van der Waals surface area contributed by atoms with Crippen molar-refractivity contribution in [2.75, 3.05) is 6.54 Å². The lowest BCUT2D eigenvalue weighted by Crippen LogP contribution is -2.47. The maximum Gasteiger partial charge on any atom is 0.240 e. The molecule has 1 amide bonds. The van der Waals surface area contributed by atoms with E-state index in [0.717, 1.165) is 12.1 Å². The van der Waals surface area contributed by atoms with Gasteiger partial charge in [0.1, 0.15) is 23.7 Å². The number of alkyl halides is 1. The van der Waals surface area contributed by atoms with Gasteiger partial charge in [-0.25, -0.2) is 14.2 Å². The summed E-state index contributed by atoms with van der Waals surface area (Å²) in [5, 5.41) is 11.5. The number of carbonyl (C=O) groups excluding carboxylic acids is 1. The third-order valence-corrected chi connectivity index (χ3v) is 3.74. The zero-order chi connectivity index (χ0) is 14.7. The van der Waals surface area contributed by atoms with Crippen molar-refractivity contribution in [3.63, 3.8) is 0 Å². The van der Waals surface area contributed by atoms with Crippen LogP contribution in [0.25, 0.3) is 0 Å². The van der Waals surface area contributed by atoms with Crippen molar-refractivity contribution in [2.45, 2.75) is 16.9 Å². The van der Waals surface area contributed by atoms with Gasteiger partial charge in [0.25, 0.3) is 0 Å². The van der Waals surface area contributed by atoms with Gasteiger partial charge < -0.3 is 5.32 Å². The highest BCUT2D eigenvalue weighted by Gasteiger charge is 2.32. The zero-order valence-electron chi connectivity index (χ0n) is 10.2. The first kappa shape index (κ1) is 14.8. The van der Waals surface area contributed by atoms with E-state index in [9.17, 15) is 13.6 Å². The summed E-state index contributed by atoms with van der Waals surface area (Å²) in [6.45, 7) is 0.542. The third kappa shape index (κ3) is 3.12. The normalized spacial score (nSPS) is 23.1. The van der Waals surface area contributed by atoms with Crippen LogP contribution in [-0.2, 0) is 4.79 Å². The maximum absolute atomic E-state index is 13.6. The quantitative estimate of drug-likeness (QED) is 0.711. The first-order valence-corrected chi connectivity index (χ1v) is 6.72. The number of halogens is 3. The molecule has 0 spiro atoms. The summed E-state index contributed by atoms with van der Waals surface area (Å²) in [7, 11) is 0. The van der Waals surface area contributed by atoms with E-state index in [1.807, 2.05) is 0 Å². The molecule has 3 atom stereocenters. The average Bonchev–Trinajstić information content (AvgIpc) is 2.83. The Hall–Kier alpha value is -1.56. The molecule has 1 aliphatic heterocycles. The van der Waals surface area contributed by atoms with E-state index in [0.29, 0.717) is 12.6 Å². The standard InChI is InChI=1S/C12H11BrF2N4O/c13-8-5-17-19-11(8)12(20)18-10(4-16)7-2-1-6(14)3-9(7)15/h1-3,8,10-11,17,19H,5H2,(H,18,20). The Morgan fingerprint density at radius 2 is 2.30 bits per heavy atom. The van der Waals surface area contributed by atoms with Crippen molar-refractivity contribution in [2.24, 2.45) is 0 Å². The smallest absolute Gasteiger partial charge is 0.240 e. The fourth-order valence-electron chi connectivity index (χ4n) is 1.85. The van der Waals surface area contributed by atoms with Gasteiger partial charge in [-0.1, -0.05) is 22.0 Å². The number of nitrogens with zero attached hydrogens (tertiary/aromatic N) is 1. The number of rotatable bonds is 3. The first-order chi connectivity index (χ1) is 9.52. The molecule has 106 valence electrons. The van der Waals surface area contributed by atoms with E-state index in [4.69, 9.17) is 5.26 Å². The van der Waals surface area contributed by atoms with Crippen LogP contribution in [0, 0.1) is 23.0 Å². The van der Waals surface area contributed by atoms with Crippen molar-refractivity contribution in [1.82, 2.24) is 16.2 Å². The molecule has 3 unspecified atom stereocenters. The average molecular weight is 345 g/mol. The minimum absolute atomic E-state index is 0.0701. The molecule has 0 aromatic heterocycles. The number of nitrogens with one attached hydrogen (secondary N) is 3.